The standard InChI is InChI=1S/C24H26FN3O3S2/c1-16-13-24(32-15-23(29)26-21-8-6-18(25)12-17(21)2)27-22-9-7-19(14-20(16)22)33(30,31)28-10-4-3-5-11-28/h6-9,12-14H,3-5,10-11,15H2,1-2H3,(H,26,29). The number of anilines is 1. The molecule has 2 aromatic carbocycles. The summed E-state index contributed by atoms with van der Waals surface area (Å²) in [7, 11) is -3.51. The summed E-state index contributed by atoms with van der Waals surface area (Å²) >= 11 is 1.29. The van der Waals surface area contributed by atoms with Crippen molar-refractivity contribution in [3.05, 3.63) is 59.4 Å². The number of hydrogen-bond acceptors (Lipinski definition) is 5. The maximum Gasteiger partial charge on any atom is 0.243 e. The van der Waals surface area contributed by atoms with E-state index in [2.05, 4.69) is 10.3 Å². The number of sulfonamides is 1. The van der Waals surface area contributed by atoms with Gasteiger partial charge in [0.1, 0.15) is 5.82 Å². The molecule has 1 aliphatic heterocycles. The fourth-order valence-electron chi connectivity index (χ4n) is 3.92. The average molecular weight is 488 g/mol. The minimum absolute atomic E-state index is 0.149. The number of pyridine rings is 1. The summed E-state index contributed by atoms with van der Waals surface area (Å²) in [5.74, 6) is -0.407. The molecule has 1 aliphatic rings. The second-order valence-electron chi connectivity index (χ2n) is 8.22. The summed E-state index contributed by atoms with van der Waals surface area (Å²) < 4.78 is 40.8. The molecule has 1 saturated heterocycles. The highest BCUT2D eigenvalue weighted by molar-refractivity contribution is 7.99. The van der Waals surface area contributed by atoms with E-state index in [4.69, 9.17) is 0 Å². The van der Waals surface area contributed by atoms with Gasteiger partial charge in [0.05, 0.1) is 21.2 Å². The van der Waals surface area contributed by atoms with E-state index >= 15 is 0 Å². The number of amides is 1. The number of nitrogens with one attached hydrogen (secondary N) is 1. The molecule has 0 spiro atoms. The number of carbonyl (C=O) groups excluding carboxylic acids is 1. The Morgan fingerprint density at radius 2 is 1.82 bits per heavy atom. The van der Waals surface area contributed by atoms with E-state index in [-0.39, 0.29) is 22.4 Å². The SMILES string of the molecule is Cc1cc(F)ccc1NC(=O)CSc1cc(C)c2cc(S(=O)(=O)N3CCCCC3)ccc2n1. The molecule has 2 heterocycles. The first-order valence-electron chi connectivity index (χ1n) is 10.8. The lowest BCUT2D eigenvalue weighted by Gasteiger charge is -2.26. The van der Waals surface area contributed by atoms with E-state index in [1.807, 2.05) is 13.0 Å². The minimum atomic E-state index is -3.51. The maximum atomic E-state index is 13.2. The summed E-state index contributed by atoms with van der Waals surface area (Å²) in [6.45, 7) is 4.77. The molecule has 174 valence electrons. The Morgan fingerprint density at radius 1 is 1.06 bits per heavy atom. The van der Waals surface area contributed by atoms with Gasteiger partial charge in [-0.1, -0.05) is 18.2 Å². The molecule has 0 aliphatic carbocycles. The Bertz CT molecular complexity index is 1310. The molecular weight excluding hydrogens is 461 g/mol. The van der Waals surface area contributed by atoms with Crippen molar-refractivity contribution in [2.45, 2.75) is 43.0 Å². The van der Waals surface area contributed by atoms with Crippen LogP contribution in [0.4, 0.5) is 10.1 Å². The molecule has 9 heteroatoms. The van der Waals surface area contributed by atoms with E-state index < -0.39 is 10.0 Å². The van der Waals surface area contributed by atoms with Crippen LogP contribution in [0, 0.1) is 19.7 Å². The first-order chi connectivity index (χ1) is 15.7. The Kier molecular flexibility index (Phi) is 7.02. The van der Waals surface area contributed by atoms with Crippen molar-refractivity contribution in [1.29, 1.82) is 0 Å². The number of piperidine rings is 1. The van der Waals surface area contributed by atoms with Gasteiger partial charge in [0.25, 0.3) is 0 Å². The lowest BCUT2D eigenvalue weighted by atomic mass is 10.1. The molecule has 0 atom stereocenters. The monoisotopic (exact) mass is 487 g/mol. The Hall–Kier alpha value is -2.49. The molecule has 1 aromatic heterocycles. The summed E-state index contributed by atoms with van der Waals surface area (Å²) in [5, 5.41) is 4.25. The van der Waals surface area contributed by atoms with Crippen molar-refractivity contribution >= 4 is 44.3 Å². The van der Waals surface area contributed by atoms with Gasteiger partial charge >= 0.3 is 0 Å². The largest absolute Gasteiger partial charge is 0.325 e. The molecule has 0 saturated carbocycles. The predicted molar refractivity (Wildman–Crippen MR) is 130 cm³/mol. The van der Waals surface area contributed by atoms with Gasteiger partial charge in [0.2, 0.25) is 15.9 Å². The molecule has 0 radical (unpaired) electrons. The number of halogens is 1. The van der Waals surface area contributed by atoms with Gasteiger partial charge in [-0.05, 0) is 80.3 Å². The van der Waals surface area contributed by atoms with Crippen LogP contribution in [0.15, 0.2) is 52.4 Å². The Morgan fingerprint density at radius 3 is 2.55 bits per heavy atom. The van der Waals surface area contributed by atoms with E-state index in [1.54, 1.807) is 35.5 Å². The van der Waals surface area contributed by atoms with Crippen LogP contribution in [0.3, 0.4) is 0 Å². The van der Waals surface area contributed by atoms with Gasteiger partial charge in [-0.15, -0.1) is 0 Å². The van der Waals surface area contributed by atoms with Crippen LogP contribution in [0.5, 0.6) is 0 Å². The molecule has 3 aromatic rings. The zero-order valence-corrected chi connectivity index (χ0v) is 20.2. The van der Waals surface area contributed by atoms with Gasteiger partial charge in [-0.25, -0.2) is 17.8 Å². The van der Waals surface area contributed by atoms with Crippen LogP contribution in [-0.2, 0) is 14.8 Å². The molecule has 1 fully saturated rings. The fourth-order valence-corrected chi connectivity index (χ4v) is 6.24. The van der Waals surface area contributed by atoms with Gasteiger partial charge in [-0.2, -0.15) is 4.31 Å². The number of thioether (sulfide) groups is 1. The van der Waals surface area contributed by atoms with Crippen LogP contribution in [-0.4, -0.2) is 42.5 Å². The van der Waals surface area contributed by atoms with Crippen LogP contribution in [0.1, 0.15) is 30.4 Å². The third kappa shape index (κ3) is 5.37. The maximum absolute atomic E-state index is 13.2. The van der Waals surface area contributed by atoms with Crippen LogP contribution >= 0.6 is 11.8 Å². The highest BCUT2D eigenvalue weighted by Gasteiger charge is 2.26. The highest BCUT2D eigenvalue weighted by Crippen LogP contribution is 2.28. The van der Waals surface area contributed by atoms with Gasteiger partial charge < -0.3 is 5.32 Å². The molecule has 1 N–H and O–H groups in total. The normalized spacial score (nSPS) is 15.0. The molecule has 1 amide bonds. The number of benzene rings is 2. The van der Waals surface area contributed by atoms with Gasteiger partial charge in [0.15, 0.2) is 0 Å². The van der Waals surface area contributed by atoms with Crippen LogP contribution in [0.25, 0.3) is 10.9 Å². The fraction of sp³-hybridized carbons (Fsp3) is 0.333. The van der Waals surface area contributed by atoms with E-state index in [0.717, 1.165) is 30.2 Å². The number of fused-ring (bicyclic) bond motifs is 1. The molecular formula is C24H26FN3O3S2. The third-order valence-corrected chi connectivity index (χ3v) is 8.54. The summed E-state index contributed by atoms with van der Waals surface area (Å²) in [5.41, 5.74) is 2.81. The highest BCUT2D eigenvalue weighted by atomic mass is 32.2. The van der Waals surface area contributed by atoms with Crippen molar-refractivity contribution in [3.8, 4) is 0 Å². The predicted octanol–water partition coefficient (Wildman–Crippen LogP) is 4.90. The van der Waals surface area contributed by atoms with Crippen molar-refractivity contribution < 1.29 is 17.6 Å². The van der Waals surface area contributed by atoms with Gasteiger partial charge in [-0.3, -0.25) is 4.79 Å². The quantitative estimate of drug-likeness (QED) is 0.501. The summed E-state index contributed by atoms with van der Waals surface area (Å²) in [6.07, 6.45) is 2.85. The third-order valence-electron chi connectivity index (χ3n) is 5.73. The van der Waals surface area contributed by atoms with E-state index in [9.17, 15) is 17.6 Å². The zero-order valence-electron chi connectivity index (χ0n) is 18.6. The molecule has 4 rings (SSSR count). The van der Waals surface area contributed by atoms with Crippen molar-refractivity contribution in [1.82, 2.24) is 9.29 Å². The number of rotatable bonds is 6. The van der Waals surface area contributed by atoms with Crippen molar-refractivity contribution in [2.75, 3.05) is 24.2 Å². The smallest absolute Gasteiger partial charge is 0.243 e. The number of aromatic nitrogens is 1. The van der Waals surface area contributed by atoms with E-state index in [1.165, 1.54) is 23.9 Å². The number of carbonyl (C=O) groups is 1. The van der Waals surface area contributed by atoms with Gasteiger partial charge in [0, 0.05) is 24.2 Å². The molecule has 33 heavy (non-hydrogen) atoms. The van der Waals surface area contributed by atoms with E-state index in [0.29, 0.717) is 34.9 Å². The second-order valence-corrected chi connectivity index (χ2v) is 11.2. The van der Waals surface area contributed by atoms with Crippen LogP contribution < -0.4 is 5.32 Å². The average Bonchev–Trinajstić information content (AvgIpc) is 2.80. The number of nitrogens with zero attached hydrogens (tertiary/aromatic N) is 2. The lowest BCUT2D eigenvalue weighted by molar-refractivity contribution is -0.113. The summed E-state index contributed by atoms with van der Waals surface area (Å²) in [4.78, 5) is 17.2. The zero-order chi connectivity index (χ0) is 23.6. The minimum Gasteiger partial charge on any atom is -0.325 e. The topological polar surface area (TPSA) is 79.4 Å². The first kappa shape index (κ1) is 23.7. The first-order valence-corrected chi connectivity index (χ1v) is 13.3. The van der Waals surface area contributed by atoms with Crippen LogP contribution in [0.2, 0.25) is 0 Å². The Balaban J connectivity index is 1.48. The Labute approximate surface area is 197 Å². The van der Waals surface area contributed by atoms with Crippen molar-refractivity contribution in [2.24, 2.45) is 0 Å². The van der Waals surface area contributed by atoms with Crippen molar-refractivity contribution in [3.63, 3.8) is 0 Å². The second kappa shape index (κ2) is 9.79. The lowest BCUT2D eigenvalue weighted by Crippen LogP contribution is -2.35. The molecule has 6 nitrogen and oxygen atoms in total. The number of aryl methyl sites for hydroxylation is 2. The number of hydrogen-bond donors (Lipinski definition) is 1. The molecule has 0 bridgehead atoms. The summed E-state index contributed by atoms with van der Waals surface area (Å²) in [6, 6.07) is 11.1. The molecule has 0 unspecified atom stereocenters.